The van der Waals surface area contributed by atoms with Crippen LogP contribution in [0.2, 0.25) is 0 Å². The minimum absolute atomic E-state index is 0.191. The molecule has 0 aliphatic carbocycles. The number of aromatic carboxylic acids is 1. The first-order chi connectivity index (χ1) is 8.65. The zero-order valence-electron chi connectivity index (χ0n) is 10.6. The summed E-state index contributed by atoms with van der Waals surface area (Å²) in [5.41, 5.74) is 0.191. The third-order valence-corrected chi connectivity index (χ3v) is 2.49. The summed E-state index contributed by atoms with van der Waals surface area (Å²) in [5.74, 6) is -0.568. The van der Waals surface area contributed by atoms with Crippen LogP contribution in [0.25, 0.3) is 0 Å². The van der Waals surface area contributed by atoms with Crippen LogP contribution >= 0.6 is 0 Å². The molecular weight excluding hydrogens is 230 g/mol. The Bertz CT molecular complexity index is 404. The molecule has 1 rings (SSSR count). The van der Waals surface area contributed by atoms with Gasteiger partial charge in [0.15, 0.2) is 0 Å². The maximum absolute atomic E-state index is 10.9. The summed E-state index contributed by atoms with van der Waals surface area (Å²) in [4.78, 5) is 10.9. The molecular formula is C14H19NO3. The number of benzene rings is 1. The Morgan fingerprint density at radius 2 is 2.28 bits per heavy atom. The van der Waals surface area contributed by atoms with E-state index in [4.69, 9.17) is 9.84 Å². The van der Waals surface area contributed by atoms with Gasteiger partial charge in [-0.1, -0.05) is 18.2 Å². The Balaban J connectivity index is 2.40. The fraction of sp³-hybridized carbons (Fsp3) is 0.357. The van der Waals surface area contributed by atoms with Crippen molar-refractivity contribution in [3.05, 3.63) is 42.5 Å². The van der Waals surface area contributed by atoms with Gasteiger partial charge in [-0.05, 0) is 25.5 Å². The minimum Gasteiger partial charge on any atom is -0.491 e. The molecule has 98 valence electrons. The van der Waals surface area contributed by atoms with Gasteiger partial charge in [0.05, 0.1) is 0 Å². The zero-order chi connectivity index (χ0) is 13.4. The fourth-order valence-corrected chi connectivity index (χ4v) is 1.57. The van der Waals surface area contributed by atoms with Crippen LogP contribution in [-0.4, -0.2) is 30.3 Å². The van der Waals surface area contributed by atoms with Crippen molar-refractivity contribution in [2.45, 2.75) is 19.4 Å². The lowest BCUT2D eigenvalue weighted by Crippen LogP contribution is -2.29. The first-order valence-corrected chi connectivity index (χ1v) is 5.94. The number of hydrogen-bond donors (Lipinski definition) is 2. The van der Waals surface area contributed by atoms with Crippen molar-refractivity contribution in [3.8, 4) is 5.75 Å². The topological polar surface area (TPSA) is 58.6 Å². The zero-order valence-corrected chi connectivity index (χ0v) is 10.6. The summed E-state index contributed by atoms with van der Waals surface area (Å²) in [7, 11) is 0. The molecule has 0 bridgehead atoms. The first-order valence-electron chi connectivity index (χ1n) is 5.94. The summed E-state index contributed by atoms with van der Waals surface area (Å²) >= 11 is 0. The van der Waals surface area contributed by atoms with Gasteiger partial charge in [0, 0.05) is 12.6 Å². The number of nitrogens with one attached hydrogen (secondary N) is 1. The van der Waals surface area contributed by atoms with Crippen molar-refractivity contribution in [1.29, 1.82) is 0 Å². The molecule has 0 heterocycles. The van der Waals surface area contributed by atoms with Gasteiger partial charge in [-0.15, -0.1) is 6.58 Å². The third-order valence-electron chi connectivity index (χ3n) is 2.49. The molecule has 0 saturated carbocycles. The Hall–Kier alpha value is -1.81. The Kier molecular flexibility index (Phi) is 5.94. The highest BCUT2D eigenvalue weighted by Gasteiger charge is 2.09. The molecule has 0 aromatic heterocycles. The van der Waals surface area contributed by atoms with Crippen LogP contribution in [0.5, 0.6) is 5.75 Å². The summed E-state index contributed by atoms with van der Waals surface area (Å²) < 4.78 is 5.46. The van der Waals surface area contributed by atoms with Crippen LogP contribution < -0.4 is 10.1 Å². The molecule has 2 N–H and O–H groups in total. The third kappa shape index (κ3) is 4.59. The van der Waals surface area contributed by atoms with Gasteiger partial charge in [-0.2, -0.15) is 0 Å². The van der Waals surface area contributed by atoms with E-state index in [1.807, 2.05) is 6.08 Å². The van der Waals surface area contributed by atoms with Gasteiger partial charge in [-0.3, -0.25) is 0 Å². The molecule has 1 aromatic carbocycles. The van der Waals surface area contributed by atoms with E-state index < -0.39 is 5.97 Å². The predicted octanol–water partition coefficient (Wildman–Crippen LogP) is 2.32. The quantitative estimate of drug-likeness (QED) is 0.548. The summed E-state index contributed by atoms with van der Waals surface area (Å²) in [6.45, 7) is 6.84. The lowest BCUT2D eigenvalue weighted by molar-refractivity contribution is 0.0692. The van der Waals surface area contributed by atoms with Gasteiger partial charge in [0.2, 0.25) is 0 Å². The van der Waals surface area contributed by atoms with E-state index in [0.29, 0.717) is 24.9 Å². The number of ether oxygens (including phenoxy) is 1. The van der Waals surface area contributed by atoms with Crippen LogP contribution in [-0.2, 0) is 0 Å². The van der Waals surface area contributed by atoms with Crippen molar-refractivity contribution in [2.75, 3.05) is 13.2 Å². The minimum atomic E-state index is -0.974. The van der Waals surface area contributed by atoms with E-state index in [0.717, 1.165) is 6.42 Å². The summed E-state index contributed by atoms with van der Waals surface area (Å²) in [6.07, 6.45) is 2.75. The standard InChI is InChI=1S/C14H19NO3/c1-3-6-11(2)15-9-10-18-13-8-5-4-7-12(13)14(16)17/h3-5,7-8,11,15H,1,6,9-10H2,2H3,(H,16,17). The smallest absolute Gasteiger partial charge is 0.339 e. The van der Waals surface area contributed by atoms with Crippen LogP contribution in [0.4, 0.5) is 0 Å². The molecule has 1 aromatic rings. The van der Waals surface area contributed by atoms with E-state index in [9.17, 15) is 4.79 Å². The number of para-hydroxylation sites is 1. The summed E-state index contributed by atoms with van der Waals surface area (Å²) in [5, 5.41) is 12.2. The second kappa shape index (κ2) is 7.50. The van der Waals surface area contributed by atoms with Crippen LogP contribution in [0.1, 0.15) is 23.7 Å². The maximum atomic E-state index is 10.9. The van der Waals surface area contributed by atoms with Crippen LogP contribution in [0.15, 0.2) is 36.9 Å². The summed E-state index contributed by atoms with van der Waals surface area (Å²) in [6, 6.07) is 6.99. The Labute approximate surface area is 107 Å². The number of carboxylic acids is 1. The average molecular weight is 249 g/mol. The normalized spacial score (nSPS) is 11.8. The maximum Gasteiger partial charge on any atom is 0.339 e. The van der Waals surface area contributed by atoms with Crippen molar-refractivity contribution in [2.24, 2.45) is 0 Å². The van der Waals surface area contributed by atoms with Crippen LogP contribution in [0.3, 0.4) is 0 Å². The average Bonchev–Trinajstić information content (AvgIpc) is 2.35. The van der Waals surface area contributed by atoms with E-state index >= 15 is 0 Å². The molecule has 0 radical (unpaired) electrons. The molecule has 0 aliphatic heterocycles. The number of carbonyl (C=O) groups is 1. The second-order valence-electron chi connectivity index (χ2n) is 4.03. The number of hydrogen-bond acceptors (Lipinski definition) is 3. The van der Waals surface area contributed by atoms with E-state index in [1.54, 1.807) is 18.2 Å². The lowest BCUT2D eigenvalue weighted by atomic mass is 10.2. The van der Waals surface area contributed by atoms with E-state index in [1.165, 1.54) is 6.07 Å². The lowest BCUT2D eigenvalue weighted by Gasteiger charge is -2.13. The van der Waals surface area contributed by atoms with Crippen molar-refractivity contribution >= 4 is 5.97 Å². The molecule has 0 saturated heterocycles. The number of carboxylic acid groups (broad SMARTS) is 1. The Morgan fingerprint density at radius 3 is 2.94 bits per heavy atom. The number of rotatable bonds is 8. The van der Waals surface area contributed by atoms with E-state index in [-0.39, 0.29) is 5.56 Å². The Morgan fingerprint density at radius 1 is 1.56 bits per heavy atom. The molecule has 1 unspecified atom stereocenters. The van der Waals surface area contributed by atoms with Gasteiger partial charge in [-0.25, -0.2) is 4.79 Å². The second-order valence-corrected chi connectivity index (χ2v) is 4.03. The monoisotopic (exact) mass is 249 g/mol. The highest BCUT2D eigenvalue weighted by Crippen LogP contribution is 2.17. The largest absolute Gasteiger partial charge is 0.491 e. The van der Waals surface area contributed by atoms with Gasteiger partial charge < -0.3 is 15.2 Å². The first kappa shape index (κ1) is 14.3. The molecule has 4 nitrogen and oxygen atoms in total. The highest BCUT2D eigenvalue weighted by molar-refractivity contribution is 5.90. The van der Waals surface area contributed by atoms with Gasteiger partial charge in [0.25, 0.3) is 0 Å². The SMILES string of the molecule is C=CCC(C)NCCOc1ccccc1C(=O)O. The highest BCUT2D eigenvalue weighted by atomic mass is 16.5. The molecule has 0 aliphatic rings. The molecule has 0 fully saturated rings. The van der Waals surface area contributed by atoms with Gasteiger partial charge in [0.1, 0.15) is 17.9 Å². The van der Waals surface area contributed by atoms with Crippen molar-refractivity contribution < 1.29 is 14.6 Å². The van der Waals surface area contributed by atoms with Crippen molar-refractivity contribution in [1.82, 2.24) is 5.32 Å². The van der Waals surface area contributed by atoms with Crippen LogP contribution in [0, 0.1) is 0 Å². The molecule has 18 heavy (non-hydrogen) atoms. The predicted molar refractivity (Wildman–Crippen MR) is 71.2 cm³/mol. The molecule has 1 atom stereocenters. The van der Waals surface area contributed by atoms with Crippen molar-refractivity contribution in [3.63, 3.8) is 0 Å². The van der Waals surface area contributed by atoms with Gasteiger partial charge >= 0.3 is 5.97 Å². The van der Waals surface area contributed by atoms with E-state index in [2.05, 4.69) is 18.8 Å². The fourth-order valence-electron chi connectivity index (χ4n) is 1.57. The molecule has 0 amide bonds. The molecule has 4 heteroatoms. The molecule has 0 spiro atoms.